The van der Waals surface area contributed by atoms with Gasteiger partial charge in [-0.25, -0.2) is 13.4 Å². The minimum absolute atomic E-state index is 0.0741. The summed E-state index contributed by atoms with van der Waals surface area (Å²) in [5, 5.41) is 0.689. The highest BCUT2D eigenvalue weighted by Crippen LogP contribution is 2.28. The first-order chi connectivity index (χ1) is 9.27. The molecule has 106 valence electrons. The SMILES string of the molecule is Cc1cc(Oc2ccc(S(=O)(=O)Cl)cn2)cc(C)c1Cl. The Morgan fingerprint density at radius 2 is 1.75 bits per heavy atom. The number of ether oxygens (including phenoxy) is 1. The van der Waals surface area contributed by atoms with Crippen LogP contribution in [0, 0.1) is 13.8 Å². The summed E-state index contributed by atoms with van der Waals surface area (Å²) < 4.78 is 27.8. The molecule has 0 atom stereocenters. The number of halogens is 2. The van der Waals surface area contributed by atoms with Gasteiger partial charge in [0.05, 0.1) is 6.20 Å². The second-order valence-electron chi connectivity index (χ2n) is 4.24. The van der Waals surface area contributed by atoms with Crippen LogP contribution in [-0.4, -0.2) is 13.4 Å². The van der Waals surface area contributed by atoms with E-state index in [1.165, 1.54) is 12.1 Å². The molecule has 0 aliphatic rings. The number of benzene rings is 1. The van der Waals surface area contributed by atoms with E-state index in [2.05, 4.69) is 4.98 Å². The third-order valence-corrected chi connectivity index (χ3v) is 4.56. The number of hydrogen-bond acceptors (Lipinski definition) is 4. The number of pyridine rings is 1. The van der Waals surface area contributed by atoms with E-state index in [4.69, 9.17) is 27.0 Å². The fourth-order valence-electron chi connectivity index (χ4n) is 1.66. The lowest BCUT2D eigenvalue weighted by Gasteiger charge is -2.09. The first-order valence-electron chi connectivity index (χ1n) is 5.62. The van der Waals surface area contributed by atoms with Gasteiger partial charge in [0, 0.05) is 21.8 Å². The van der Waals surface area contributed by atoms with Crippen LogP contribution in [0.25, 0.3) is 0 Å². The summed E-state index contributed by atoms with van der Waals surface area (Å²) in [5.74, 6) is 0.855. The molecule has 0 aliphatic carbocycles. The molecular weight excluding hydrogens is 321 g/mol. The molecule has 0 saturated heterocycles. The highest BCUT2D eigenvalue weighted by Gasteiger charge is 2.11. The van der Waals surface area contributed by atoms with Crippen molar-refractivity contribution in [2.75, 3.05) is 0 Å². The molecule has 0 bridgehead atoms. The smallest absolute Gasteiger partial charge is 0.262 e. The molecule has 4 nitrogen and oxygen atoms in total. The lowest BCUT2D eigenvalue weighted by molar-refractivity contribution is 0.461. The van der Waals surface area contributed by atoms with Crippen molar-refractivity contribution in [3.05, 3.63) is 46.6 Å². The van der Waals surface area contributed by atoms with Crippen LogP contribution in [0.15, 0.2) is 35.4 Å². The predicted octanol–water partition coefficient (Wildman–Crippen LogP) is 4.07. The van der Waals surface area contributed by atoms with Crippen LogP contribution < -0.4 is 4.74 Å². The minimum atomic E-state index is -3.77. The van der Waals surface area contributed by atoms with Crippen molar-refractivity contribution in [1.29, 1.82) is 0 Å². The van der Waals surface area contributed by atoms with Crippen LogP contribution in [-0.2, 0) is 9.05 Å². The van der Waals surface area contributed by atoms with Gasteiger partial charge in [0.1, 0.15) is 10.6 Å². The first-order valence-corrected chi connectivity index (χ1v) is 8.31. The molecule has 2 aromatic rings. The third-order valence-electron chi connectivity index (χ3n) is 2.62. The molecule has 0 spiro atoms. The maximum atomic E-state index is 11.1. The van der Waals surface area contributed by atoms with Gasteiger partial charge in [0.25, 0.3) is 9.05 Å². The van der Waals surface area contributed by atoms with Gasteiger partial charge in [-0.15, -0.1) is 0 Å². The first kappa shape index (κ1) is 15.1. The van der Waals surface area contributed by atoms with Gasteiger partial charge in [-0.3, -0.25) is 0 Å². The summed E-state index contributed by atoms with van der Waals surface area (Å²) in [7, 11) is 1.43. The molecule has 2 rings (SSSR count). The van der Waals surface area contributed by atoms with Crippen LogP contribution in [0.2, 0.25) is 5.02 Å². The van der Waals surface area contributed by atoms with Crippen molar-refractivity contribution < 1.29 is 13.2 Å². The molecule has 20 heavy (non-hydrogen) atoms. The molecule has 1 heterocycles. The average Bonchev–Trinajstić information content (AvgIpc) is 2.35. The van der Waals surface area contributed by atoms with Crippen molar-refractivity contribution in [3.63, 3.8) is 0 Å². The van der Waals surface area contributed by atoms with Gasteiger partial charge < -0.3 is 4.74 Å². The van der Waals surface area contributed by atoms with Crippen LogP contribution in [0.1, 0.15) is 11.1 Å². The maximum Gasteiger partial charge on any atom is 0.262 e. The summed E-state index contributed by atoms with van der Waals surface area (Å²) in [4.78, 5) is 3.83. The lowest BCUT2D eigenvalue weighted by Crippen LogP contribution is -1.94. The van der Waals surface area contributed by atoms with Crippen LogP contribution in [0.5, 0.6) is 11.6 Å². The quantitative estimate of drug-likeness (QED) is 0.795. The molecule has 0 aliphatic heterocycles. The number of aryl methyl sites for hydroxylation is 2. The molecule has 0 radical (unpaired) electrons. The average molecular weight is 332 g/mol. The zero-order chi connectivity index (χ0) is 14.9. The normalized spacial score (nSPS) is 11.4. The van der Waals surface area contributed by atoms with E-state index >= 15 is 0 Å². The van der Waals surface area contributed by atoms with Crippen LogP contribution >= 0.6 is 22.3 Å². The zero-order valence-electron chi connectivity index (χ0n) is 10.7. The van der Waals surface area contributed by atoms with E-state index in [0.29, 0.717) is 10.8 Å². The van der Waals surface area contributed by atoms with E-state index in [0.717, 1.165) is 17.3 Å². The van der Waals surface area contributed by atoms with Crippen LogP contribution in [0.3, 0.4) is 0 Å². The van der Waals surface area contributed by atoms with Gasteiger partial charge >= 0.3 is 0 Å². The third kappa shape index (κ3) is 3.42. The molecule has 0 N–H and O–H groups in total. The highest BCUT2D eigenvalue weighted by molar-refractivity contribution is 8.13. The molecule has 0 amide bonds. The molecule has 7 heteroatoms. The summed E-state index contributed by atoms with van der Waals surface area (Å²) >= 11 is 6.07. The molecule has 0 saturated carbocycles. The standard InChI is InChI=1S/C13H11Cl2NO3S/c1-8-5-10(6-9(2)13(8)14)19-12-4-3-11(7-16-12)20(15,17)18/h3-7H,1-2H3. The Morgan fingerprint density at radius 3 is 2.20 bits per heavy atom. The Hall–Kier alpha value is -1.30. The lowest BCUT2D eigenvalue weighted by atomic mass is 10.1. The van der Waals surface area contributed by atoms with Crippen molar-refractivity contribution >= 4 is 31.3 Å². The Morgan fingerprint density at radius 1 is 1.15 bits per heavy atom. The van der Waals surface area contributed by atoms with E-state index in [-0.39, 0.29) is 10.8 Å². The minimum Gasteiger partial charge on any atom is -0.439 e. The predicted molar refractivity (Wildman–Crippen MR) is 78.3 cm³/mol. The second-order valence-corrected chi connectivity index (χ2v) is 7.19. The highest BCUT2D eigenvalue weighted by atomic mass is 35.7. The van der Waals surface area contributed by atoms with Gasteiger partial charge in [0.15, 0.2) is 0 Å². The summed E-state index contributed by atoms with van der Waals surface area (Å²) in [6.07, 6.45) is 1.15. The monoisotopic (exact) mass is 331 g/mol. The van der Waals surface area contributed by atoms with Crippen molar-refractivity contribution in [3.8, 4) is 11.6 Å². The van der Waals surface area contributed by atoms with Crippen LogP contribution in [0.4, 0.5) is 0 Å². The fraction of sp³-hybridized carbons (Fsp3) is 0.154. The molecular formula is C13H11Cl2NO3S. The molecule has 0 unspecified atom stereocenters. The van der Waals surface area contributed by atoms with Gasteiger partial charge in [-0.05, 0) is 43.2 Å². The van der Waals surface area contributed by atoms with Crippen molar-refractivity contribution in [2.24, 2.45) is 0 Å². The number of aromatic nitrogens is 1. The Labute approximate surface area is 126 Å². The van der Waals surface area contributed by atoms with E-state index < -0.39 is 9.05 Å². The van der Waals surface area contributed by atoms with Gasteiger partial charge in [0.2, 0.25) is 5.88 Å². The summed E-state index contributed by atoms with van der Waals surface area (Å²) in [6, 6.07) is 6.33. The number of hydrogen-bond donors (Lipinski definition) is 0. The largest absolute Gasteiger partial charge is 0.439 e. The van der Waals surface area contributed by atoms with E-state index in [1.807, 2.05) is 13.8 Å². The summed E-state index contributed by atoms with van der Waals surface area (Å²) in [5.41, 5.74) is 1.78. The second kappa shape index (κ2) is 5.60. The fourth-order valence-corrected chi connectivity index (χ4v) is 2.45. The Balaban J connectivity index is 2.27. The molecule has 0 fully saturated rings. The number of rotatable bonds is 3. The van der Waals surface area contributed by atoms with Gasteiger partial charge in [-0.1, -0.05) is 11.6 Å². The topological polar surface area (TPSA) is 56.3 Å². The van der Waals surface area contributed by atoms with Crippen molar-refractivity contribution in [1.82, 2.24) is 4.98 Å². The number of nitrogens with zero attached hydrogens (tertiary/aromatic N) is 1. The van der Waals surface area contributed by atoms with E-state index in [9.17, 15) is 8.42 Å². The Kier molecular flexibility index (Phi) is 4.22. The molecule has 1 aromatic carbocycles. The maximum absolute atomic E-state index is 11.1. The molecule has 1 aromatic heterocycles. The zero-order valence-corrected chi connectivity index (χ0v) is 13.1. The summed E-state index contributed by atoms with van der Waals surface area (Å²) in [6.45, 7) is 3.75. The Bertz CT molecular complexity index is 720. The van der Waals surface area contributed by atoms with E-state index in [1.54, 1.807) is 12.1 Å². The van der Waals surface area contributed by atoms with Gasteiger partial charge in [-0.2, -0.15) is 0 Å². The van der Waals surface area contributed by atoms with Crippen molar-refractivity contribution in [2.45, 2.75) is 18.7 Å².